The van der Waals surface area contributed by atoms with Crippen molar-refractivity contribution in [2.45, 2.75) is 52.0 Å². The van der Waals surface area contributed by atoms with Crippen LogP contribution < -0.4 is 5.32 Å². The number of methoxy groups -OCH3 is 1. The van der Waals surface area contributed by atoms with E-state index in [4.69, 9.17) is 9.84 Å². The number of thiazole rings is 1. The maximum Gasteiger partial charge on any atom is 0.347 e. The van der Waals surface area contributed by atoms with Gasteiger partial charge in [-0.2, -0.15) is 0 Å². The number of hydrogen-bond acceptors (Lipinski definition) is 5. The number of rotatable bonds is 7. The van der Waals surface area contributed by atoms with Crippen molar-refractivity contribution < 1.29 is 19.4 Å². The van der Waals surface area contributed by atoms with E-state index in [0.29, 0.717) is 17.3 Å². The fourth-order valence-corrected chi connectivity index (χ4v) is 4.06. The highest BCUT2D eigenvalue weighted by Crippen LogP contribution is 2.42. The van der Waals surface area contributed by atoms with Crippen molar-refractivity contribution in [3.8, 4) is 0 Å². The van der Waals surface area contributed by atoms with Gasteiger partial charge in [0.2, 0.25) is 5.91 Å². The summed E-state index contributed by atoms with van der Waals surface area (Å²) < 4.78 is 5.16. The lowest BCUT2D eigenvalue weighted by molar-refractivity contribution is -0.132. The Hall–Kier alpha value is -1.47. The zero-order valence-electron chi connectivity index (χ0n) is 13.8. The number of ether oxygens (including phenoxy) is 1. The summed E-state index contributed by atoms with van der Waals surface area (Å²) in [7, 11) is 1.65. The average Bonchev–Trinajstić information content (AvgIpc) is 3.12. The molecule has 1 heterocycles. The summed E-state index contributed by atoms with van der Waals surface area (Å²) in [5, 5.41) is 12.8. The highest BCUT2D eigenvalue weighted by atomic mass is 32.1. The minimum absolute atomic E-state index is 0.0317. The summed E-state index contributed by atoms with van der Waals surface area (Å²) in [4.78, 5) is 28.4. The van der Waals surface area contributed by atoms with Crippen molar-refractivity contribution in [2.75, 3.05) is 13.7 Å². The Balaban J connectivity index is 2.09. The Kier molecular flexibility index (Phi) is 5.75. The lowest BCUT2D eigenvalue weighted by atomic mass is 9.81. The lowest BCUT2D eigenvalue weighted by Crippen LogP contribution is -2.41. The second-order valence-corrected chi connectivity index (χ2v) is 7.23. The molecule has 128 valence electrons. The Morgan fingerprint density at radius 2 is 2.09 bits per heavy atom. The van der Waals surface area contributed by atoms with Gasteiger partial charge in [-0.1, -0.05) is 12.8 Å². The molecular formula is C16H24N2O4S. The smallest absolute Gasteiger partial charge is 0.347 e. The molecule has 23 heavy (non-hydrogen) atoms. The number of nitrogens with zero attached hydrogens (tertiary/aromatic N) is 1. The van der Waals surface area contributed by atoms with Crippen LogP contribution in [0.3, 0.4) is 0 Å². The van der Waals surface area contributed by atoms with Crippen LogP contribution in [0.2, 0.25) is 0 Å². The van der Waals surface area contributed by atoms with Gasteiger partial charge >= 0.3 is 5.97 Å². The van der Waals surface area contributed by atoms with Crippen molar-refractivity contribution in [3.05, 3.63) is 15.6 Å². The second kappa shape index (κ2) is 7.40. The molecule has 0 aliphatic heterocycles. The van der Waals surface area contributed by atoms with Gasteiger partial charge in [-0.3, -0.25) is 4.79 Å². The summed E-state index contributed by atoms with van der Waals surface area (Å²) in [6.45, 7) is 4.09. The van der Waals surface area contributed by atoms with Gasteiger partial charge in [-0.15, -0.1) is 11.3 Å². The standard InChI is InChI=1S/C16H24N2O4S/c1-10-12(14(19)20)23-13(17-10)11(2)18-15(21)16(8-9-22-3)6-4-5-7-16/h11H,4-9H2,1-3H3,(H,18,21)(H,19,20). The first-order valence-corrected chi connectivity index (χ1v) is 8.72. The van der Waals surface area contributed by atoms with Crippen LogP contribution in [-0.4, -0.2) is 35.7 Å². The Labute approximate surface area is 140 Å². The summed E-state index contributed by atoms with van der Waals surface area (Å²) in [6, 6.07) is -0.292. The summed E-state index contributed by atoms with van der Waals surface area (Å²) >= 11 is 1.13. The fourth-order valence-electron chi connectivity index (χ4n) is 3.15. The van der Waals surface area contributed by atoms with Crippen LogP contribution >= 0.6 is 11.3 Å². The van der Waals surface area contributed by atoms with Gasteiger partial charge in [0.1, 0.15) is 9.88 Å². The SMILES string of the molecule is COCCC1(C(=O)NC(C)c2nc(C)c(C(=O)O)s2)CCCC1. The van der Waals surface area contributed by atoms with Gasteiger partial charge in [0.15, 0.2) is 0 Å². The molecule has 0 saturated heterocycles. The van der Waals surface area contributed by atoms with Gasteiger partial charge in [0.05, 0.1) is 17.2 Å². The number of carboxylic acid groups (broad SMARTS) is 1. The van der Waals surface area contributed by atoms with E-state index in [1.807, 2.05) is 6.92 Å². The Morgan fingerprint density at radius 3 is 2.61 bits per heavy atom. The maximum atomic E-state index is 12.8. The molecule has 0 spiro atoms. The summed E-state index contributed by atoms with van der Waals surface area (Å²) in [6.07, 6.45) is 4.60. The monoisotopic (exact) mass is 340 g/mol. The molecule has 1 fully saturated rings. The Bertz CT molecular complexity index is 579. The van der Waals surface area contributed by atoms with Gasteiger partial charge in [0.25, 0.3) is 0 Å². The third-order valence-corrected chi connectivity index (χ3v) is 5.88. The van der Waals surface area contributed by atoms with Crippen molar-refractivity contribution in [1.29, 1.82) is 0 Å². The zero-order valence-corrected chi connectivity index (χ0v) is 14.7. The predicted molar refractivity (Wildman–Crippen MR) is 87.8 cm³/mol. The van der Waals surface area contributed by atoms with Crippen LogP contribution in [0.1, 0.15) is 65.4 Å². The number of aromatic carboxylic acids is 1. The van der Waals surface area contributed by atoms with Crippen LogP contribution in [0.5, 0.6) is 0 Å². The van der Waals surface area contributed by atoms with E-state index in [-0.39, 0.29) is 22.2 Å². The molecule has 1 unspecified atom stereocenters. The van der Waals surface area contributed by atoms with E-state index in [1.165, 1.54) is 0 Å². The van der Waals surface area contributed by atoms with E-state index in [0.717, 1.165) is 43.4 Å². The van der Waals surface area contributed by atoms with E-state index in [1.54, 1.807) is 14.0 Å². The molecule has 1 aromatic rings. The fraction of sp³-hybridized carbons (Fsp3) is 0.688. The number of amides is 1. The van der Waals surface area contributed by atoms with Gasteiger partial charge in [-0.05, 0) is 33.1 Å². The lowest BCUT2D eigenvalue weighted by Gasteiger charge is -2.28. The highest BCUT2D eigenvalue weighted by molar-refractivity contribution is 7.13. The Morgan fingerprint density at radius 1 is 1.43 bits per heavy atom. The molecule has 1 aromatic heterocycles. The molecule has 6 nitrogen and oxygen atoms in total. The van der Waals surface area contributed by atoms with Crippen molar-refractivity contribution in [3.63, 3.8) is 0 Å². The van der Waals surface area contributed by atoms with Crippen LogP contribution in [0.15, 0.2) is 0 Å². The van der Waals surface area contributed by atoms with Crippen molar-refractivity contribution in [1.82, 2.24) is 10.3 Å². The van der Waals surface area contributed by atoms with Crippen LogP contribution in [-0.2, 0) is 9.53 Å². The molecule has 1 aliphatic rings. The normalized spacial score (nSPS) is 17.9. The number of hydrogen-bond donors (Lipinski definition) is 2. The first kappa shape index (κ1) is 17.9. The molecular weight excluding hydrogens is 316 g/mol. The molecule has 1 saturated carbocycles. The van der Waals surface area contributed by atoms with Crippen molar-refractivity contribution >= 4 is 23.2 Å². The summed E-state index contributed by atoms with van der Waals surface area (Å²) in [5.74, 6) is -0.943. The topological polar surface area (TPSA) is 88.5 Å². The molecule has 2 N–H and O–H groups in total. The van der Waals surface area contributed by atoms with E-state index >= 15 is 0 Å². The first-order valence-electron chi connectivity index (χ1n) is 7.90. The minimum Gasteiger partial charge on any atom is -0.477 e. The molecule has 1 atom stereocenters. The number of carboxylic acids is 1. The molecule has 0 radical (unpaired) electrons. The maximum absolute atomic E-state index is 12.8. The molecule has 2 rings (SSSR count). The number of nitrogens with one attached hydrogen (secondary N) is 1. The largest absolute Gasteiger partial charge is 0.477 e. The van der Waals surface area contributed by atoms with Crippen LogP contribution in [0, 0.1) is 12.3 Å². The highest BCUT2D eigenvalue weighted by Gasteiger charge is 2.41. The predicted octanol–water partition coefficient (Wildman–Crippen LogP) is 2.92. The van der Waals surface area contributed by atoms with Crippen molar-refractivity contribution in [2.24, 2.45) is 5.41 Å². The molecule has 7 heteroatoms. The number of carbonyl (C=O) groups is 2. The molecule has 0 aromatic carbocycles. The number of aryl methyl sites for hydroxylation is 1. The van der Waals surface area contributed by atoms with Gasteiger partial charge in [0, 0.05) is 13.7 Å². The number of aromatic nitrogens is 1. The van der Waals surface area contributed by atoms with E-state index < -0.39 is 5.97 Å². The van der Waals surface area contributed by atoms with Gasteiger partial charge < -0.3 is 15.2 Å². The zero-order chi connectivity index (χ0) is 17.0. The molecule has 0 bridgehead atoms. The summed E-state index contributed by atoms with van der Waals surface area (Å²) in [5.41, 5.74) is 0.139. The third-order valence-electron chi connectivity index (χ3n) is 4.55. The third kappa shape index (κ3) is 3.90. The molecule has 1 aliphatic carbocycles. The van der Waals surface area contributed by atoms with Crippen LogP contribution in [0.25, 0.3) is 0 Å². The second-order valence-electron chi connectivity index (χ2n) is 6.20. The molecule has 1 amide bonds. The quantitative estimate of drug-likeness (QED) is 0.797. The average molecular weight is 340 g/mol. The number of carbonyl (C=O) groups excluding carboxylic acids is 1. The van der Waals surface area contributed by atoms with E-state index in [2.05, 4.69) is 10.3 Å². The van der Waals surface area contributed by atoms with Gasteiger partial charge in [-0.25, -0.2) is 9.78 Å². The first-order chi connectivity index (χ1) is 10.9. The minimum atomic E-state index is -0.975. The van der Waals surface area contributed by atoms with Crippen LogP contribution in [0.4, 0.5) is 0 Å². The van der Waals surface area contributed by atoms with E-state index in [9.17, 15) is 9.59 Å².